The molecule has 7 rings (SSSR count). The highest BCUT2D eigenvalue weighted by Crippen LogP contribution is 2.47. The van der Waals surface area contributed by atoms with Crippen LogP contribution in [-0.4, -0.2) is 114 Å². The van der Waals surface area contributed by atoms with Crippen molar-refractivity contribution in [1.82, 2.24) is 24.8 Å². The monoisotopic (exact) mass is 947 g/mol. The van der Waals surface area contributed by atoms with Gasteiger partial charge in [-0.2, -0.15) is 13.2 Å². The number of carboxylic acid groups (broad SMARTS) is 1. The lowest BCUT2D eigenvalue weighted by molar-refractivity contribution is -0.222. The number of hydrogen-bond donors (Lipinski definition) is 3. The Hall–Kier alpha value is -5.30. The number of amides is 4. The average Bonchev–Trinajstić information content (AvgIpc) is 4.16. The van der Waals surface area contributed by atoms with E-state index in [-0.39, 0.29) is 36.0 Å². The van der Waals surface area contributed by atoms with E-state index in [9.17, 15) is 41.1 Å². The fourth-order valence-electron chi connectivity index (χ4n) is 9.04. The Kier molecular flexibility index (Phi) is 13.1. The van der Waals surface area contributed by atoms with Crippen molar-refractivity contribution in [1.29, 1.82) is 0 Å². The second-order valence-corrected chi connectivity index (χ2v) is 20.5. The number of ether oxygens (including phenoxy) is 3. The number of halogens is 4. The van der Waals surface area contributed by atoms with E-state index in [1.165, 1.54) is 21.1 Å². The van der Waals surface area contributed by atoms with Crippen molar-refractivity contribution in [2.45, 2.75) is 113 Å². The van der Waals surface area contributed by atoms with Gasteiger partial charge in [-0.25, -0.2) is 18.2 Å². The van der Waals surface area contributed by atoms with Crippen LogP contribution in [0.4, 0.5) is 18.0 Å². The minimum atomic E-state index is -5.12. The maximum absolute atomic E-state index is 15.2. The van der Waals surface area contributed by atoms with Gasteiger partial charge in [0.2, 0.25) is 27.7 Å². The number of rotatable bonds is 10. The molecular weight excluding hydrogens is 895 g/mol. The first-order valence-electron chi connectivity index (χ1n) is 21.4. The number of nitrogens with zero attached hydrogens (tertiary/aromatic N) is 3. The van der Waals surface area contributed by atoms with E-state index in [2.05, 4.69) is 10.0 Å². The smallest absolute Gasteiger partial charge is 0.411 e. The van der Waals surface area contributed by atoms with E-state index >= 15 is 4.79 Å². The lowest BCUT2D eigenvalue weighted by Crippen LogP contribution is -2.66. The number of fused-ring (bicyclic) bond motifs is 3. The van der Waals surface area contributed by atoms with E-state index in [1.807, 2.05) is 6.92 Å². The second kappa shape index (κ2) is 17.8. The largest absolute Gasteiger partial charge is 0.497 e. The number of nitrogens with one attached hydrogen (secondary N) is 2. The van der Waals surface area contributed by atoms with Gasteiger partial charge in [0.05, 0.1) is 36.7 Å². The summed E-state index contributed by atoms with van der Waals surface area (Å²) >= 11 is 6.49. The van der Waals surface area contributed by atoms with Crippen molar-refractivity contribution in [2.24, 2.45) is 17.8 Å². The van der Waals surface area contributed by atoms with Gasteiger partial charge in [-0.05, 0) is 112 Å². The molecule has 352 valence electrons. The number of benzene rings is 2. The molecule has 0 spiro atoms. The summed E-state index contributed by atoms with van der Waals surface area (Å²) in [6.07, 6.45) is -3.07. The van der Waals surface area contributed by atoms with Crippen LogP contribution in [0.5, 0.6) is 17.4 Å². The van der Waals surface area contributed by atoms with Crippen LogP contribution in [0, 0.1) is 17.8 Å². The quantitative estimate of drug-likeness (QED) is 0.176. The van der Waals surface area contributed by atoms with Crippen molar-refractivity contribution >= 4 is 56.2 Å². The summed E-state index contributed by atoms with van der Waals surface area (Å²) in [5, 5.41) is 14.0. The van der Waals surface area contributed by atoms with Crippen LogP contribution in [-0.2, 0) is 24.4 Å². The zero-order valence-electron chi connectivity index (χ0n) is 36.8. The SMILES string of the molecule is COc1ccc2c(O[C@@H]3C[C@H]4C(=O)N[C@]5(C(=O)NS(=O)(=O)C6CC6)C[C@H]5C=CCC[C@H](C)C[C@@H](C)[C@H](N(C(=O)O)C(C)(C)C(F)(F)F)C(=O)N4C3)nc(-c3ccc(OC)c(Cl)c3)cc2c1. The first-order valence-corrected chi connectivity index (χ1v) is 23.4. The van der Waals surface area contributed by atoms with Crippen molar-refractivity contribution < 1.29 is 60.1 Å². The van der Waals surface area contributed by atoms with Crippen LogP contribution in [0.2, 0.25) is 5.02 Å². The van der Waals surface area contributed by atoms with Gasteiger partial charge in [0.15, 0.2) is 0 Å². The van der Waals surface area contributed by atoms with Crippen LogP contribution in [0.1, 0.15) is 72.6 Å². The molecule has 0 radical (unpaired) electrons. The fourth-order valence-corrected chi connectivity index (χ4v) is 10.7. The Bertz CT molecular complexity index is 2520. The maximum atomic E-state index is 15.2. The minimum Gasteiger partial charge on any atom is -0.497 e. The third-order valence-corrected chi connectivity index (χ3v) is 15.2. The number of aromatic nitrogens is 1. The zero-order valence-corrected chi connectivity index (χ0v) is 38.4. The highest BCUT2D eigenvalue weighted by Gasteiger charge is 2.63. The number of allylic oxidation sites excluding steroid dienone is 1. The molecule has 1 saturated heterocycles. The molecule has 15 nitrogen and oxygen atoms in total. The summed E-state index contributed by atoms with van der Waals surface area (Å²) in [5.74, 6) is -3.76. The summed E-state index contributed by atoms with van der Waals surface area (Å²) in [6.45, 7) is 4.32. The molecule has 20 heteroatoms. The average molecular weight is 948 g/mol. The first kappa shape index (κ1) is 47.7. The topological polar surface area (TPSA) is 194 Å². The number of carbonyl (C=O) groups excluding carboxylic acids is 3. The Morgan fingerprint density at radius 2 is 1.75 bits per heavy atom. The third kappa shape index (κ3) is 9.53. The van der Waals surface area contributed by atoms with Gasteiger partial charge in [-0.1, -0.05) is 37.6 Å². The molecule has 2 aliphatic carbocycles. The molecule has 1 aromatic heterocycles. The molecule has 3 heterocycles. The molecule has 3 fully saturated rings. The second-order valence-electron chi connectivity index (χ2n) is 18.2. The predicted molar refractivity (Wildman–Crippen MR) is 234 cm³/mol. The van der Waals surface area contributed by atoms with E-state index in [0.717, 1.165) is 4.90 Å². The predicted octanol–water partition coefficient (Wildman–Crippen LogP) is 7.11. The Balaban J connectivity index is 1.32. The Morgan fingerprint density at radius 3 is 2.38 bits per heavy atom. The minimum absolute atomic E-state index is 0.0329. The van der Waals surface area contributed by atoms with Gasteiger partial charge in [0.25, 0.3) is 5.91 Å². The Labute approximate surface area is 380 Å². The summed E-state index contributed by atoms with van der Waals surface area (Å²) in [6, 6.07) is 8.49. The van der Waals surface area contributed by atoms with E-state index in [0.29, 0.717) is 78.1 Å². The Morgan fingerprint density at radius 1 is 1.03 bits per heavy atom. The number of carbonyl (C=O) groups is 4. The van der Waals surface area contributed by atoms with Gasteiger partial charge in [-0.3, -0.25) is 24.0 Å². The summed E-state index contributed by atoms with van der Waals surface area (Å²) in [5.41, 5.74) is -3.83. The van der Waals surface area contributed by atoms with Crippen LogP contribution < -0.4 is 24.2 Å². The zero-order chi connectivity index (χ0) is 47.4. The molecule has 2 aliphatic heterocycles. The summed E-state index contributed by atoms with van der Waals surface area (Å²) < 4.78 is 90.1. The highest BCUT2D eigenvalue weighted by molar-refractivity contribution is 7.91. The summed E-state index contributed by atoms with van der Waals surface area (Å²) in [7, 11) is -1.08. The lowest BCUT2D eigenvalue weighted by Gasteiger charge is -2.45. The van der Waals surface area contributed by atoms with Crippen LogP contribution in [0.3, 0.4) is 0 Å². The molecular formula is C45H53ClF3N5O10S. The standard InChI is InChI=1S/C45H53ClF3N5O10S/c1-24-9-7-8-10-28-22-44(28,41(57)52-65(60,61)31-13-14-31)51-38(55)35-21-30(23-53(35)40(56)37(25(2)17-24)54(42(58)59)43(3,4)45(47,48)49)64-39-32-15-12-29(62-5)18-27(32)20-34(50-39)26-11-16-36(63-6)33(46)19-26/h8,10-12,15-16,18-20,24-25,28,30-31,35,37H,7,9,13-14,17,21-23H2,1-6H3,(H,51,55)(H,52,57)(H,58,59)/t24-,25+,28+,30+,35-,37-,44+/m0/s1. The van der Waals surface area contributed by atoms with Crippen LogP contribution in [0.15, 0.2) is 54.6 Å². The van der Waals surface area contributed by atoms with Gasteiger partial charge < -0.3 is 29.5 Å². The van der Waals surface area contributed by atoms with Crippen LogP contribution in [0.25, 0.3) is 22.0 Å². The van der Waals surface area contributed by atoms with Gasteiger partial charge in [0.1, 0.15) is 40.8 Å². The number of sulfonamides is 1. The lowest BCUT2D eigenvalue weighted by atomic mass is 9.85. The van der Waals surface area contributed by atoms with E-state index in [4.69, 9.17) is 30.8 Å². The van der Waals surface area contributed by atoms with Gasteiger partial charge >= 0.3 is 12.3 Å². The van der Waals surface area contributed by atoms with Gasteiger partial charge in [0, 0.05) is 23.3 Å². The number of pyridine rings is 1. The number of methoxy groups -OCH3 is 2. The van der Waals surface area contributed by atoms with Crippen LogP contribution >= 0.6 is 11.6 Å². The molecule has 3 aromatic rings. The van der Waals surface area contributed by atoms with Crippen molar-refractivity contribution in [3.05, 3.63) is 59.6 Å². The molecule has 4 amide bonds. The molecule has 3 N–H and O–H groups in total. The fraction of sp³-hybridized carbons (Fsp3) is 0.533. The van der Waals surface area contributed by atoms with Crippen molar-refractivity contribution in [2.75, 3.05) is 20.8 Å². The van der Waals surface area contributed by atoms with Gasteiger partial charge in [-0.15, -0.1) is 0 Å². The summed E-state index contributed by atoms with van der Waals surface area (Å²) in [4.78, 5) is 63.0. The molecule has 0 unspecified atom stereocenters. The first-order chi connectivity index (χ1) is 30.5. The molecule has 2 saturated carbocycles. The molecule has 0 bridgehead atoms. The normalized spacial score (nSPS) is 26.5. The molecule has 7 atom stereocenters. The van der Waals surface area contributed by atoms with E-state index in [1.54, 1.807) is 54.6 Å². The molecule has 65 heavy (non-hydrogen) atoms. The number of alkyl halides is 3. The maximum Gasteiger partial charge on any atom is 0.411 e. The highest BCUT2D eigenvalue weighted by atomic mass is 35.5. The van der Waals surface area contributed by atoms with E-state index < -0.39 is 92.9 Å². The molecule has 2 aromatic carbocycles. The number of hydrogen-bond acceptors (Lipinski definition) is 10. The third-order valence-electron chi connectivity index (χ3n) is 13.1. The van der Waals surface area contributed by atoms with Crippen molar-refractivity contribution in [3.63, 3.8) is 0 Å². The van der Waals surface area contributed by atoms with Crippen molar-refractivity contribution in [3.8, 4) is 28.6 Å². The molecule has 4 aliphatic rings.